The zero-order chi connectivity index (χ0) is 10.2. The van der Waals surface area contributed by atoms with Crippen LogP contribution in [0.2, 0.25) is 0 Å². The van der Waals surface area contributed by atoms with Crippen LogP contribution in [-0.4, -0.2) is 8.42 Å². The van der Waals surface area contributed by atoms with Crippen molar-refractivity contribution >= 4 is 15.9 Å². The minimum atomic E-state index is -3.32. The molecule has 14 heavy (non-hydrogen) atoms. The van der Waals surface area contributed by atoms with E-state index in [9.17, 15) is 8.42 Å². The van der Waals surface area contributed by atoms with Crippen LogP contribution in [0.25, 0.3) is 0 Å². The summed E-state index contributed by atoms with van der Waals surface area (Å²) >= 11 is 0. The molecule has 0 amide bonds. The summed E-state index contributed by atoms with van der Waals surface area (Å²) < 4.78 is 27.3. The molecule has 0 aliphatic carbocycles. The van der Waals surface area contributed by atoms with Gasteiger partial charge in [0, 0.05) is 6.54 Å². The fraction of sp³-hybridized carbons (Fsp3) is 0.333. The molecule has 0 fully saturated rings. The molecule has 0 aromatic heterocycles. The standard InChI is InChI=1S/C9H12N2O2S/c1-2-7-3-4-8-6-10-14(12,13)11-9(8)5-7/h3-5,10-11H,2,6H2,1H3. The Labute approximate surface area is 83.5 Å². The van der Waals surface area contributed by atoms with Crippen molar-refractivity contribution in [2.45, 2.75) is 19.9 Å². The van der Waals surface area contributed by atoms with Gasteiger partial charge >= 0.3 is 0 Å². The monoisotopic (exact) mass is 212 g/mol. The van der Waals surface area contributed by atoms with Crippen molar-refractivity contribution in [3.05, 3.63) is 29.3 Å². The summed E-state index contributed by atoms with van der Waals surface area (Å²) in [5.74, 6) is 0. The van der Waals surface area contributed by atoms with Crippen LogP contribution in [-0.2, 0) is 23.2 Å². The SMILES string of the molecule is CCc1ccc2c(c1)NS(=O)(=O)NC2. The molecule has 4 nitrogen and oxygen atoms in total. The lowest BCUT2D eigenvalue weighted by atomic mass is 10.1. The van der Waals surface area contributed by atoms with Gasteiger partial charge in [-0.3, -0.25) is 4.72 Å². The lowest BCUT2D eigenvalue weighted by Gasteiger charge is -2.19. The van der Waals surface area contributed by atoms with Gasteiger partial charge in [0.25, 0.3) is 10.2 Å². The minimum absolute atomic E-state index is 0.370. The van der Waals surface area contributed by atoms with Gasteiger partial charge in [-0.25, -0.2) is 0 Å². The smallest absolute Gasteiger partial charge is 0.271 e. The Bertz CT molecular complexity index is 454. The van der Waals surface area contributed by atoms with Crippen molar-refractivity contribution in [2.24, 2.45) is 0 Å². The average molecular weight is 212 g/mol. The van der Waals surface area contributed by atoms with E-state index in [2.05, 4.69) is 9.44 Å². The highest BCUT2D eigenvalue weighted by Crippen LogP contribution is 2.22. The predicted octanol–water partition coefficient (Wildman–Crippen LogP) is 1.01. The Morgan fingerprint density at radius 2 is 2.21 bits per heavy atom. The molecule has 1 aromatic rings. The second-order valence-corrected chi connectivity index (χ2v) is 4.77. The van der Waals surface area contributed by atoms with Gasteiger partial charge in [-0.15, -0.1) is 0 Å². The number of anilines is 1. The van der Waals surface area contributed by atoms with Crippen molar-refractivity contribution in [3.8, 4) is 0 Å². The maximum Gasteiger partial charge on any atom is 0.299 e. The summed E-state index contributed by atoms with van der Waals surface area (Å²) in [6.45, 7) is 2.41. The maximum absolute atomic E-state index is 11.2. The van der Waals surface area contributed by atoms with Crippen LogP contribution in [0.4, 0.5) is 5.69 Å². The van der Waals surface area contributed by atoms with E-state index in [0.717, 1.165) is 17.5 Å². The third-order valence-corrected chi connectivity index (χ3v) is 3.29. The van der Waals surface area contributed by atoms with E-state index in [1.165, 1.54) is 0 Å². The first-order valence-electron chi connectivity index (χ1n) is 4.50. The van der Waals surface area contributed by atoms with Crippen LogP contribution in [0, 0.1) is 0 Å². The van der Waals surface area contributed by atoms with E-state index in [4.69, 9.17) is 0 Å². The number of aryl methyl sites for hydroxylation is 1. The van der Waals surface area contributed by atoms with Gasteiger partial charge in [-0.05, 0) is 23.6 Å². The molecule has 0 radical (unpaired) electrons. The molecule has 2 N–H and O–H groups in total. The third kappa shape index (κ3) is 1.73. The molecule has 5 heteroatoms. The van der Waals surface area contributed by atoms with Gasteiger partial charge in [0.2, 0.25) is 0 Å². The molecule has 1 aliphatic heterocycles. The van der Waals surface area contributed by atoms with Gasteiger partial charge in [0.15, 0.2) is 0 Å². The minimum Gasteiger partial charge on any atom is -0.271 e. The highest BCUT2D eigenvalue weighted by molar-refractivity contribution is 7.90. The number of benzene rings is 1. The summed E-state index contributed by atoms with van der Waals surface area (Å²) in [6, 6.07) is 5.84. The first-order valence-corrected chi connectivity index (χ1v) is 5.98. The van der Waals surface area contributed by atoms with Crippen LogP contribution >= 0.6 is 0 Å². The number of hydrogen-bond acceptors (Lipinski definition) is 2. The van der Waals surface area contributed by atoms with Crippen LogP contribution in [0.3, 0.4) is 0 Å². The summed E-state index contributed by atoms with van der Waals surface area (Å²) in [7, 11) is -3.32. The zero-order valence-corrected chi connectivity index (χ0v) is 8.69. The molecule has 2 rings (SSSR count). The van der Waals surface area contributed by atoms with Crippen molar-refractivity contribution in [3.63, 3.8) is 0 Å². The van der Waals surface area contributed by atoms with E-state index in [1.807, 2.05) is 25.1 Å². The normalized spacial score (nSPS) is 18.4. The quantitative estimate of drug-likeness (QED) is 0.730. The van der Waals surface area contributed by atoms with Crippen LogP contribution < -0.4 is 9.44 Å². The van der Waals surface area contributed by atoms with E-state index in [0.29, 0.717) is 12.2 Å². The molecule has 0 bridgehead atoms. The topological polar surface area (TPSA) is 58.2 Å². The van der Waals surface area contributed by atoms with Crippen LogP contribution in [0.15, 0.2) is 18.2 Å². The molecule has 0 unspecified atom stereocenters. The second kappa shape index (κ2) is 3.25. The van der Waals surface area contributed by atoms with Crippen molar-refractivity contribution < 1.29 is 8.42 Å². The second-order valence-electron chi connectivity index (χ2n) is 3.27. The molecule has 0 atom stereocenters. The lowest BCUT2D eigenvalue weighted by molar-refractivity contribution is 0.584. The summed E-state index contributed by atoms with van der Waals surface area (Å²) in [6.07, 6.45) is 0.905. The molecular formula is C9H12N2O2S. The van der Waals surface area contributed by atoms with Crippen molar-refractivity contribution in [1.29, 1.82) is 0 Å². The third-order valence-electron chi connectivity index (χ3n) is 2.28. The fourth-order valence-electron chi connectivity index (χ4n) is 1.45. The fourth-order valence-corrected chi connectivity index (χ4v) is 2.34. The number of nitrogens with one attached hydrogen (secondary N) is 2. The summed E-state index contributed by atoms with van der Waals surface area (Å²) in [5, 5.41) is 0. The van der Waals surface area contributed by atoms with Gasteiger partial charge in [-0.1, -0.05) is 19.1 Å². The Kier molecular flexibility index (Phi) is 2.20. The Morgan fingerprint density at radius 3 is 2.93 bits per heavy atom. The molecular weight excluding hydrogens is 200 g/mol. The van der Waals surface area contributed by atoms with E-state index < -0.39 is 10.2 Å². The Hall–Kier alpha value is -1.07. The lowest BCUT2D eigenvalue weighted by Crippen LogP contribution is -2.34. The summed E-state index contributed by atoms with van der Waals surface area (Å²) in [4.78, 5) is 0. The largest absolute Gasteiger partial charge is 0.299 e. The average Bonchev–Trinajstić information content (AvgIpc) is 2.15. The summed E-state index contributed by atoms with van der Waals surface area (Å²) in [5.41, 5.74) is 2.81. The Balaban J connectivity index is 2.44. The van der Waals surface area contributed by atoms with Gasteiger partial charge < -0.3 is 0 Å². The Morgan fingerprint density at radius 1 is 1.43 bits per heavy atom. The van der Waals surface area contributed by atoms with E-state index in [-0.39, 0.29) is 0 Å². The van der Waals surface area contributed by atoms with Crippen LogP contribution in [0.5, 0.6) is 0 Å². The predicted molar refractivity (Wildman–Crippen MR) is 55.2 cm³/mol. The number of rotatable bonds is 1. The van der Waals surface area contributed by atoms with E-state index >= 15 is 0 Å². The highest BCUT2D eigenvalue weighted by Gasteiger charge is 2.18. The van der Waals surface area contributed by atoms with Crippen LogP contribution in [0.1, 0.15) is 18.1 Å². The van der Waals surface area contributed by atoms with Gasteiger partial charge in [0.05, 0.1) is 5.69 Å². The van der Waals surface area contributed by atoms with E-state index in [1.54, 1.807) is 0 Å². The van der Waals surface area contributed by atoms with Crippen molar-refractivity contribution in [2.75, 3.05) is 4.72 Å². The zero-order valence-electron chi connectivity index (χ0n) is 7.87. The molecule has 76 valence electrons. The number of hydrogen-bond donors (Lipinski definition) is 2. The highest BCUT2D eigenvalue weighted by atomic mass is 32.2. The first-order chi connectivity index (χ1) is 6.61. The van der Waals surface area contributed by atoms with Gasteiger partial charge in [0.1, 0.15) is 0 Å². The number of fused-ring (bicyclic) bond motifs is 1. The molecule has 1 aliphatic rings. The van der Waals surface area contributed by atoms with Gasteiger partial charge in [-0.2, -0.15) is 13.1 Å². The van der Waals surface area contributed by atoms with Crippen molar-refractivity contribution in [1.82, 2.24) is 4.72 Å². The first kappa shape index (κ1) is 9.48. The molecule has 0 saturated carbocycles. The molecule has 0 spiro atoms. The molecule has 1 aromatic carbocycles. The maximum atomic E-state index is 11.2. The molecule has 1 heterocycles. The molecule has 0 saturated heterocycles.